The van der Waals surface area contributed by atoms with Gasteiger partial charge in [0, 0.05) is 21.7 Å². The predicted octanol–water partition coefficient (Wildman–Crippen LogP) is 40.0. The molecule has 0 nitrogen and oxygen atoms in total. The van der Waals surface area contributed by atoms with Crippen LogP contribution in [0.4, 0.5) is 0 Å². The maximum absolute atomic E-state index is 4.86. The van der Waals surface area contributed by atoms with Crippen LogP contribution < -0.4 is 0 Å². The highest BCUT2D eigenvalue weighted by Crippen LogP contribution is 2.92. The molecule has 0 fully saturated rings. The summed E-state index contributed by atoms with van der Waals surface area (Å²) < 4.78 is 0. The first-order valence-electron chi connectivity index (χ1n) is 54.6. The summed E-state index contributed by atoms with van der Waals surface area (Å²) >= 11 is 0. The zero-order valence-electron chi connectivity index (χ0n) is 78.0. The van der Waals surface area contributed by atoms with Gasteiger partial charge >= 0.3 is 0 Å². The molecule has 0 saturated heterocycles. The van der Waals surface area contributed by atoms with Crippen LogP contribution in [-0.2, 0) is 21.7 Å². The molecule has 0 aromatic heterocycles. The van der Waals surface area contributed by atoms with Gasteiger partial charge in [0.1, 0.15) is 0 Å². The molecule has 55 aromatic carbocycles. The molecule has 4 atom stereocenters. The van der Waals surface area contributed by atoms with Gasteiger partial charge in [-0.1, -0.05) is 52.4 Å². The summed E-state index contributed by atoms with van der Waals surface area (Å²) in [5.41, 5.74) is 27.2. The van der Waals surface area contributed by atoms with E-state index in [0.717, 1.165) is 0 Å². The molecule has 0 aliphatic heterocycles. The molecule has 0 spiro atoms. The van der Waals surface area contributed by atoms with Crippen LogP contribution in [0.2, 0.25) is 76.6 Å². The van der Waals surface area contributed by atoms with Crippen LogP contribution in [0.25, 0.3) is 571 Å². The largest absolute Gasteiger partial charge is 0.107 e. The van der Waals surface area contributed by atoms with Crippen molar-refractivity contribution in [2.24, 2.45) is 0 Å². The topological polar surface area (TPSA) is 0 Å². The molecule has 620 valence electrons. The van der Waals surface area contributed by atoms with Gasteiger partial charge in [-0.2, -0.15) is 0 Å². The Labute approximate surface area is 799 Å². The summed E-state index contributed by atoms with van der Waals surface area (Å²) in [4.78, 5) is 0. The van der Waals surface area contributed by atoms with E-state index in [0.29, 0.717) is 0 Å². The molecule has 0 heterocycles. The minimum atomic E-state index is -2.14. The Morgan fingerprint density at radius 2 is 0.194 bits per heavy atom. The van der Waals surface area contributed by atoms with E-state index in [1.54, 1.807) is 582 Å². The molecule has 9 aliphatic rings. The maximum atomic E-state index is 4.86. The summed E-state index contributed by atoms with van der Waals surface area (Å²) in [7, 11) is -8.46. The van der Waals surface area contributed by atoms with Crippen LogP contribution in [0.15, 0.2) is 49.1 Å². The Hall–Kier alpha value is -15.3. The number of hydrogen-bond donors (Lipinski definition) is 0. The third-order valence-corrected chi connectivity index (χ3v) is 62.5. The fourth-order valence-electron chi connectivity index (χ4n) is 51.3. The van der Waals surface area contributed by atoms with Gasteiger partial charge in [0.15, 0.2) is 0 Å². The molecule has 0 amide bonds. The van der Waals surface area contributed by atoms with Gasteiger partial charge in [-0.05, 0) is 651 Å². The van der Waals surface area contributed by atoms with Crippen LogP contribution in [0.3, 0.4) is 0 Å². The van der Waals surface area contributed by atoms with Crippen LogP contribution in [0.1, 0.15) is 55.6 Å². The van der Waals surface area contributed by atoms with Crippen molar-refractivity contribution in [2.45, 2.75) is 98.2 Å². The van der Waals surface area contributed by atoms with Gasteiger partial charge in [0.25, 0.3) is 0 Å². The molecule has 0 bridgehead atoms. The Morgan fingerprint density at radius 1 is 0.111 bits per heavy atom. The molecule has 0 saturated carbocycles. The summed E-state index contributed by atoms with van der Waals surface area (Å²) in [5, 5.41) is 179. The van der Waals surface area contributed by atoms with Crippen molar-refractivity contribution >= 4 is 603 Å². The zero-order chi connectivity index (χ0) is 88.6. The Kier molecular flexibility index (Phi) is 5.56. The van der Waals surface area contributed by atoms with E-state index in [9.17, 15) is 0 Å². The molecular formula is C140H44Si4. The van der Waals surface area contributed by atoms with Crippen LogP contribution in [0, 0.1) is 0 Å². The van der Waals surface area contributed by atoms with E-state index in [4.69, 9.17) is 26.3 Å². The molecule has 0 unspecified atom stereocenters. The maximum Gasteiger partial charge on any atom is 0.0725 e. The summed E-state index contributed by atoms with van der Waals surface area (Å²) in [6.07, 6.45) is 0. The van der Waals surface area contributed by atoms with E-state index in [1.165, 1.54) is 24.2 Å². The molecule has 55 aromatic rings. The predicted molar refractivity (Wildman–Crippen MR) is 636 cm³/mol. The van der Waals surface area contributed by atoms with Crippen LogP contribution in [-0.4, -0.2) is 32.3 Å². The lowest BCUT2D eigenvalue weighted by Crippen LogP contribution is -2.56. The Morgan fingerprint density at radius 3 is 0.340 bits per heavy atom. The molecule has 0 N–H and O–H groups in total. The second-order valence-corrected chi connectivity index (χ2v) is 75.6. The third-order valence-electron chi connectivity index (χ3n) is 52.3. The van der Waals surface area contributed by atoms with Gasteiger partial charge in [-0.15, -0.1) is 49.1 Å². The van der Waals surface area contributed by atoms with Gasteiger partial charge in [-0.25, -0.2) is 0 Å². The fourth-order valence-corrected chi connectivity index (χ4v) is 59.7. The molecule has 4 heteroatoms. The Bertz CT molecular complexity index is 15700. The van der Waals surface area contributed by atoms with E-state index < -0.39 is 32.3 Å². The summed E-state index contributed by atoms with van der Waals surface area (Å²) in [6, 6.07) is 4.81. The average molecular weight is 1840 g/mol. The number of hydrogen-bond acceptors (Lipinski definition) is 0. The lowest BCUT2D eigenvalue weighted by atomic mass is 9.51. The molecule has 0 radical (unpaired) electrons. The molecule has 9 aliphatic carbocycles. The molecule has 64 rings (SSSR count). The molecular weight excluding hydrogens is 1790 g/mol. The van der Waals surface area contributed by atoms with E-state index in [-0.39, 0.29) is 21.7 Å². The lowest BCUT2D eigenvalue weighted by Gasteiger charge is -2.56. The van der Waals surface area contributed by atoms with Crippen molar-refractivity contribution < 1.29 is 0 Å². The standard InChI is InChI=1S/2C70H22Si2/c1-7-71(3,4)9-69-63-55-46-39-26-19-13-14-16-12-11-15(13)24(26)30-28-17(11)21-18(12)29-31-25(16)27-20(14)23-22(19)33-41-34(23)43-40(27)47-45(31)49-36(29)38-32(21)37-35(28)48(44(30)46)59(63)61-50(37)51(38)62-60(49)64-56(47)53(43)58-54(41)57(52(55)42(33)39)65(69)66(58)70(64,68(62)67(61)69)10-72(5,6)8-2;1-7-71(3,4)9-69-65-58-51-39-31-22-13-11-12-14-17(13)26-33(31)41-42-34(26)32-23(14)25-21-16(12)19-18-15(11)20-24(22)37(39)45-43-29(20)27(18)35-36-28(19)30(21)44-46-38(25)40(32)52-54(42)63(62(65)53(41)51)66-59(52)57(46)61-50(44)48(36)55-47(35)49(43)60(56(45)58)67(69)64(55)68(61)70(66,69)10-72(5,6)8-2/h2*7-8H,1-2,9-10H2,3-6H3/t2*69-,70+. The van der Waals surface area contributed by atoms with E-state index in [2.05, 4.69) is 75.2 Å². The molecule has 144 heavy (non-hydrogen) atoms. The van der Waals surface area contributed by atoms with Gasteiger partial charge < -0.3 is 0 Å². The summed E-state index contributed by atoms with van der Waals surface area (Å²) in [5.74, 6) is 0. The first-order chi connectivity index (χ1) is 70.5. The van der Waals surface area contributed by atoms with Crippen molar-refractivity contribution in [3.63, 3.8) is 0 Å². The quantitative estimate of drug-likeness (QED) is 0.0845. The number of benzene rings is 34. The van der Waals surface area contributed by atoms with E-state index in [1.807, 2.05) is 44.5 Å². The average Bonchev–Trinajstić information content (AvgIpc) is 1.38. The highest BCUT2D eigenvalue weighted by Gasteiger charge is 2.74. The van der Waals surface area contributed by atoms with Gasteiger partial charge in [0.05, 0.1) is 32.3 Å². The number of rotatable bonds is 12. The van der Waals surface area contributed by atoms with Gasteiger partial charge in [-0.3, -0.25) is 0 Å². The smallest absolute Gasteiger partial charge is 0.0725 e. The first kappa shape index (κ1) is 59.0. The lowest BCUT2D eigenvalue weighted by molar-refractivity contribution is 0.384. The van der Waals surface area contributed by atoms with E-state index >= 15 is 0 Å². The van der Waals surface area contributed by atoms with Crippen LogP contribution in [0.5, 0.6) is 0 Å². The Balaban J connectivity index is 0.0000000932. The highest BCUT2D eigenvalue weighted by atomic mass is 28.3. The van der Waals surface area contributed by atoms with Gasteiger partial charge in [0.2, 0.25) is 0 Å². The van der Waals surface area contributed by atoms with Crippen molar-refractivity contribution in [3.05, 3.63) is 105 Å². The first-order valence-corrected chi connectivity index (χ1v) is 67.8. The monoisotopic (exact) mass is 1840 g/mol. The zero-order valence-corrected chi connectivity index (χ0v) is 82.0. The minimum Gasteiger partial charge on any atom is -0.107 e. The second-order valence-electron chi connectivity index (χ2n) is 56.6. The van der Waals surface area contributed by atoms with Crippen molar-refractivity contribution in [3.8, 4) is 0 Å². The second kappa shape index (κ2) is 13.6. The van der Waals surface area contributed by atoms with Crippen molar-refractivity contribution in [1.29, 1.82) is 0 Å². The SMILES string of the molecule is C=C[Si](C)(C)C[C@]12c3c4c5c6c7c8c(c9c%10c1c1c%11c3c3c%12c4c4c6c6c7c7c%13c8c9c8c9c%10c1c1c%10c%11c3c3c%11c%12c4c4c6c6c7c7c%13c8c8c9c1c1c%10c3c3c%11c4c6c4c7c8c1c34)[C@@]52C[Si](C)(C)C=C.C=C[Si](C)(C)C[C@]12c3c4c5c6c7c8c9c%10c(c1c1c%11c2c2c%12c3c5c3c5c%12c%12c2c2c%11c%11c%13c1c%10c1c%10c9c9c7c7c6c3c3c5c5c%12c6c2c%11c2c(c%131)c1c%10c9c9c7c3c3c9c1c2c6c53)[C@@]48C[Si](C)(C)C=C. The van der Waals surface area contributed by atoms with Crippen molar-refractivity contribution in [2.75, 3.05) is 0 Å². The van der Waals surface area contributed by atoms with Crippen molar-refractivity contribution in [1.82, 2.24) is 0 Å². The summed E-state index contributed by atoms with van der Waals surface area (Å²) in [6.45, 7) is 41.0. The normalized spacial score (nSPS) is 21.9. The fraction of sp³-hybridized carbons (Fsp3) is 0.114. The van der Waals surface area contributed by atoms with Crippen LogP contribution >= 0.6 is 0 Å². The minimum absolute atomic E-state index is 0.227. The highest BCUT2D eigenvalue weighted by molar-refractivity contribution is 6.91. The third kappa shape index (κ3) is 3.42.